The highest BCUT2D eigenvalue weighted by Crippen LogP contribution is 2.32. The van der Waals surface area contributed by atoms with E-state index in [2.05, 4.69) is 131 Å². The van der Waals surface area contributed by atoms with Gasteiger partial charge < -0.3 is 4.98 Å². The van der Waals surface area contributed by atoms with E-state index in [1.807, 2.05) is 6.07 Å². The number of rotatable bonds is 5. The number of aromatic nitrogens is 4. The maximum absolute atomic E-state index is 4.91. The number of H-pyrrole nitrogens is 1. The van der Waals surface area contributed by atoms with E-state index in [1.54, 1.807) is 12.5 Å². The quantitative estimate of drug-likeness (QED) is 0.257. The van der Waals surface area contributed by atoms with Gasteiger partial charge >= 0.3 is 0 Å². The topological polar surface area (TPSA) is 54.5 Å². The maximum Gasteiger partial charge on any atom is 0.178 e. The number of aromatic amines is 1. The van der Waals surface area contributed by atoms with E-state index in [1.165, 1.54) is 33.0 Å². The van der Waals surface area contributed by atoms with Crippen molar-refractivity contribution in [2.24, 2.45) is 0 Å². The van der Waals surface area contributed by atoms with Gasteiger partial charge in [0, 0.05) is 11.1 Å². The lowest BCUT2D eigenvalue weighted by atomic mass is 9.97. The number of nitrogens with one attached hydrogen (secondary N) is 1. The predicted molar refractivity (Wildman–Crippen MR) is 159 cm³/mol. The molecule has 5 aromatic carbocycles. The van der Waals surface area contributed by atoms with E-state index >= 15 is 0 Å². The van der Waals surface area contributed by atoms with Gasteiger partial charge in [-0.3, -0.25) is 0 Å². The van der Waals surface area contributed by atoms with Crippen molar-refractivity contribution in [2.45, 2.75) is 0 Å². The molecule has 0 bridgehead atoms. The zero-order chi connectivity index (χ0) is 26.0. The van der Waals surface area contributed by atoms with Crippen molar-refractivity contribution in [3.8, 4) is 56.3 Å². The fourth-order valence-electron chi connectivity index (χ4n) is 5.00. The molecule has 0 saturated carbocycles. The molecule has 0 radical (unpaired) electrons. The summed E-state index contributed by atoms with van der Waals surface area (Å²) in [6, 6.07) is 44.5. The van der Waals surface area contributed by atoms with E-state index in [0.717, 1.165) is 28.2 Å². The second-order valence-electron chi connectivity index (χ2n) is 9.47. The molecule has 0 unspecified atom stereocenters. The first-order chi connectivity index (χ1) is 19.3. The second kappa shape index (κ2) is 9.84. The van der Waals surface area contributed by atoms with Crippen LogP contribution in [0.2, 0.25) is 0 Å². The molecule has 39 heavy (non-hydrogen) atoms. The Kier molecular flexibility index (Phi) is 5.76. The lowest BCUT2D eigenvalue weighted by Crippen LogP contribution is -1.96. The molecule has 0 aliphatic rings. The minimum Gasteiger partial charge on any atom is -0.342 e. The van der Waals surface area contributed by atoms with E-state index in [-0.39, 0.29) is 0 Å². The Morgan fingerprint density at radius 2 is 1.08 bits per heavy atom. The number of nitrogens with zero attached hydrogens (tertiary/aromatic N) is 3. The molecule has 2 aromatic heterocycles. The molecule has 7 rings (SSSR count). The Balaban J connectivity index is 1.28. The Labute approximate surface area is 226 Å². The van der Waals surface area contributed by atoms with Gasteiger partial charge in [-0.15, -0.1) is 0 Å². The van der Waals surface area contributed by atoms with Crippen LogP contribution in [-0.4, -0.2) is 19.9 Å². The van der Waals surface area contributed by atoms with Crippen molar-refractivity contribution in [1.82, 2.24) is 19.9 Å². The highest BCUT2D eigenvalue weighted by molar-refractivity contribution is 5.96. The number of hydrogen-bond donors (Lipinski definition) is 1. The summed E-state index contributed by atoms with van der Waals surface area (Å²) in [6.45, 7) is 0. The third-order valence-corrected chi connectivity index (χ3v) is 7.03. The predicted octanol–water partition coefficient (Wildman–Crippen LogP) is 8.69. The molecule has 4 nitrogen and oxygen atoms in total. The van der Waals surface area contributed by atoms with Gasteiger partial charge in [0.15, 0.2) is 5.82 Å². The zero-order valence-electron chi connectivity index (χ0n) is 21.1. The summed E-state index contributed by atoms with van der Waals surface area (Å²) >= 11 is 0. The van der Waals surface area contributed by atoms with E-state index in [9.17, 15) is 0 Å². The molecule has 0 atom stereocenters. The minimum atomic E-state index is 0.616. The molecule has 4 heteroatoms. The van der Waals surface area contributed by atoms with Gasteiger partial charge in [-0.05, 0) is 39.1 Å². The Morgan fingerprint density at radius 3 is 1.77 bits per heavy atom. The Morgan fingerprint density at radius 1 is 0.487 bits per heavy atom. The smallest absolute Gasteiger partial charge is 0.178 e. The zero-order valence-corrected chi connectivity index (χ0v) is 21.1. The summed E-state index contributed by atoms with van der Waals surface area (Å²) in [5.41, 5.74) is 9.34. The molecule has 7 aromatic rings. The Hall–Kier alpha value is -5.35. The molecule has 1 N–H and O–H groups in total. The Bertz CT molecular complexity index is 1870. The van der Waals surface area contributed by atoms with Crippen LogP contribution in [0.1, 0.15) is 0 Å². The SMILES string of the molecule is c1ccc(-c2ccc(-c3cc(-c4ccc(-c5cccc6ccccc56)cc4)nc(-c4cnc[nH]4)n3)cc2)cc1. The number of benzene rings is 5. The van der Waals surface area contributed by atoms with E-state index in [4.69, 9.17) is 9.97 Å². The van der Waals surface area contributed by atoms with Crippen molar-refractivity contribution < 1.29 is 0 Å². The number of imidazole rings is 1. The summed E-state index contributed by atoms with van der Waals surface area (Å²) in [5, 5.41) is 2.49. The van der Waals surface area contributed by atoms with Gasteiger partial charge in [-0.1, -0.05) is 121 Å². The van der Waals surface area contributed by atoms with Crippen molar-refractivity contribution in [1.29, 1.82) is 0 Å². The van der Waals surface area contributed by atoms with Gasteiger partial charge in [0.05, 0.1) is 23.9 Å². The summed E-state index contributed by atoms with van der Waals surface area (Å²) in [4.78, 5) is 17.1. The van der Waals surface area contributed by atoms with Gasteiger partial charge in [0.1, 0.15) is 5.69 Å². The first-order valence-corrected chi connectivity index (χ1v) is 12.9. The van der Waals surface area contributed by atoms with E-state index in [0.29, 0.717) is 5.82 Å². The molecule has 2 heterocycles. The monoisotopic (exact) mass is 500 g/mol. The van der Waals surface area contributed by atoms with Gasteiger partial charge in [0.25, 0.3) is 0 Å². The van der Waals surface area contributed by atoms with Gasteiger partial charge in [-0.2, -0.15) is 0 Å². The van der Waals surface area contributed by atoms with Crippen LogP contribution in [-0.2, 0) is 0 Å². The minimum absolute atomic E-state index is 0.616. The fraction of sp³-hybridized carbons (Fsp3) is 0. The normalized spacial score (nSPS) is 11.1. The average Bonchev–Trinajstić information content (AvgIpc) is 3.57. The fourth-order valence-corrected chi connectivity index (χ4v) is 5.00. The highest BCUT2D eigenvalue weighted by atomic mass is 15.0. The van der Waals surface area contributed by atoms with Crippen LogP contribution in [0.4, 0.5) is 0 Å². The largest absolute Gasteiger partial charge is 0.342 e. The first kappa shape index (κ1) is 22.8. The van der Waals surface area contributed by atoms with Gasteiger partial charge in [0.2, 0.25) is 0 Å². The van der Waals surface area contributed by atoms with Crippen LogP contribution >= 0.6 is 0 Å². The van der Waals surface area contributed by atoms with Crippen molar-refractivity contribution >= 4 is 10.8 Å². The lowest BCUT2D eigenvalue weighted by Gasteiger charge is -2.11. The molecular weight excluding hydrogens is 476 g/mol. The number of fused-ring (bicyclic) bond motifs is 1. The molecule has 0 saturated heterocycles. The number of hydrogen-bond acceptors (Lipinski definition) is 3. The lowest BCUT2D eigenvalue weighted by molar-refractivity contribution is 1.16. The van der Waals surface area contributed by atoms with Crippen molar-refractivity contribution in [3.63, 3.8) is 0 Å². The third kappa shape index (κ3) is 4.49. The molecule has 0 amide bonds. The van der Waals surface area contributed by atoms with Crippen LogP contribution in [0.15, 0.2) is 140 Å². The first-order valence-electron chi connectivity index (χ1n) is 12.9. The van der Waals surface area contributed by atoms with Gasteiger partial charge in [-0.25, -0.2) is 15.0 Å². The molecule has 0 spiro atoms. The molecule has 0 aliphatic heterocycles. The second-order valence-corrected chi connectivity index (χ2v) is 9.47. The molecular formula is C35H24N4. The van der Waals surface area contributed by atoms with Crippen LogP contribution in [0.5, 0.6) is 0 Å². The van der Waals surface area contributed by atoms with Crippen LogP contribution in [0.25, 0.3) is 67.1 Å². The third-order valence-electron chi connectivity index (χ3n) is 7.03. The summed E-state index contributed by atoms with van der Waals surface area (Å²) < 4.78 is 0. The summed E-state index contributed by atoms with van der Waals surface area (Å²) in [6.07, 6.45) is 3.41. The molecule has 184 valence electrons. The van der Waals surface area contributed by atoms with Crippen LogP contribution in [0, 0.1) is 0 Å². The summed E-state index contributed by atoms with van der Waals surface area (Å²) in [5.74, 6) is 0.616. The molecule has 0 aliphatic carbocycles. The van der Waals surface area contributed by atoms with E-state index < -0.39 is 0 Å². The van der Waals surface area contributed by atoms with Crippen molar-refractivity contribution in [2.75, 3.05) is 0 Å². The molecule has 0 fully saturated rings. The highest BCUT2D eigenvalue weighted by Gasteiger charge is 2.12. The average molecular weight is 501 g/mol. The summed E-state index contributed by atoms with van der Waals surface area (Å²) in [7, 11) is 0. The van der Waals surface area contributed by atoms with Crippen LogP contribution < -0.4 is 0 Å². The standard InChI is InChI=1S/C35H24N4/c1-2-7-24(8-3-1)25-13-17-28(18-14-25)32-21-33(39-35(38-32)34-22-36-23-37-34)29-19-15-27(16-20-29)31-12-6-10-26-9-4-5-11-30(26)31/h1-23H,(H,36,37). The van der Waals surface area contributed by atoms with Crippen molar-refractivity contribution in [3.05, 3.63) is 140 Å². The maximum atomic E-state index is 4.91. The van der Waals surface area contributed by atoms with Crippen LogP contribution in [0.3, 0.4) is 0 Å².